The summed E-state index contributed by atoms with van der Waals surface area (Å²) in [6.07, 6.45) is 4.29. The van der Waals surface area contributed by atoms with Crippen molar-refractivity contribution in [3.63, 3.8) is 0 Å². The summed E-state index contributed by atoms with van der Waals surface area (Å²) in [5.74, 6) is 1.44. The van der Waals surface area contributed by atoms with Gasteiger partial charge >= 0.3 is 0 Å². The molecule has 1 amide bonds. The Bertz CT molecular complexity index is 1110. The Morgan fingerprint density at radius 1 is 1.07 bits per heavy atom. The number of aryl methyl sites for hydroxylation is 1. The zero-order valence-electron chi connectivity index (χ0n) is 16.4. The van der Waals surface area contributed by atoms with Gasteiger partial charge in [0.05, 0.1) is 11.4 Å². The number of fused-ring (bicyclic) bond motifs is 1. The SMILES string of the molecule is O=C(NCc1nnc2n1CCCCC2)c1ccc(S(=O)(=O)NCc2cccs2)cc1. The molecule has 3 heterocycles. The quantitative estimate of drug-likeness (QED) is 0.581. The molecule has 0 saturated heterocycles. The minimum Gasteiger partial charge on any atom is -0.345 e. The molecule has 8 nitrogen and oxygen atoms in total. The highest BCUT2D eigenvalue weighted by atomic mass is 32.2. The molecule has 10 heteroatoms. The van der Waals surface area contributed by atoms with E-state index in [9.17, 15) is 13.2 Å². The molecule has 30 heavy (non-hydrogen) atoms. The van der Waals surface area contributed by atoms with Crippen molar-refractivity contribution in [2.45, 2.75) is 50.2 Å². The average molecular weight is 446 g/mol. The summed E-state index contributed by atoms with van der Waals surface area (Å²) in [6, 6.07) is 9.65. The minimum absolute atomic E-state index is 0.124. The van der Waals surface area contributed by atoms with E-state index in [1.807, 2.05) is 17.5 Å². The van der Waals surface area contributed by atoms with Gasteiger partial charge < -0.3 is 9.88 Å². The van der Waals surface area contributed by atoms with Gasteiger partial charge in [-0.25, -0.2) is 13.1 Å². The Balaban J connectivity index is 1.37. The zero-order valence-corrected chi connectivity index (χ0v) is 18.0. The number of sulfonamides is 1. The van der Waals surface area contributed by atoms with E-state index in [1.165, 1.54) is 42.0 Å². The number of carbonyl (C=O) groups is 1. The molecule has 0 fully saturated rings. The number of hydrogen-bond donors (Lipinski definition) is 2. The Morgan fingerprint density at radius 2 is 1.90 bits per heavy atom. The van der Waals surface area contributed by atoms with Gasteiger partial charge in [0.2, 0.25) is 10.0 Å². The summed E-state index contributed by atoms with van der Waals surface area (Å²) >= 11 is 1.49. The predicted molar refractivity (Wildman–Crippen MR) is 114 cm³/mol. The number of nitrogens with one attached hydrogen (secondary N) is 2. The Labute approximate surface area is 179 Å². The fourth-order valence-electron chi connectivity index (χ4n) is 3.39. The van der Waals surface area contributed by atoms with Crippen LogP contribution in [0.4, 0.5) is 0 Å². The standard InChI is InChI=1S/C20H23N5O3S2/c26-20(21-14-19-24-23-18-6-2-1-3-11-25(18)19)15-7-9-17(10-8-15)30(27,28)22-13-16-5-4-12-29-16/h4-5,7-10,12,22H,1-3,6,11,13-14H2,(H,21,26). The molecule has 0 spiro atoms. The van der Waals surface area contributed by atoms with Crippen molar-refractivity contribution in [3.05, 3.63) is 63.9 Å². The highest BCUT2D eigenvalue weighted by Gasteiger charge is 2.17. The smallest absolute Gasteiger partial charge is 0.251 e. The van der Waals surface area contributed by atoms with Gasteiger partial charge in [-0.15, -0.1) is 21.5 Å². The summed E-state index contributed by atoms with van der Waals surface area (Å²) in [6.45, 7) is 1.40. The number of amides is 1. The predicted octanol–water partition coefficient (Wildman–Crippen LogP) is 2.47. The maximum absolute atomic E-state index is 12.5. The molecule has 3 aromatic rings. The van der Waals surface area contributed by atoms with E-state index in [1.54, 1.807) is 0 Å². The van der Waals surface area contributed by atoms with E-state index in [0.717, 1.165) is 42.3 Å². The first-order valence-corrected chi connectivity index (χ1v) is 12.2. The molecule has 0 saturated carbocycles. The normalized spacial score (nSPS) is 14.1. The molecule has 0 unspecified atom stereocenters. The lowest BCUT2D eigenvalue weighted by molar-refractivity contribution is 0.0949. The van der Waals surface area contributed by atoms with Crippen LogP contribution in [0.1, 0.15) is 46.1 Å². The molecule has 1 aliphatic heterocycles. The van der Waals surface area contributed by atoms with Crippen LogP contribution in [-0.2, 0) is 36.1 Å². The van der Waals surface area contributed by atoms with Gasteiger partial charge in [-0.1, -0.05) is 12.5 Å². The van der Waals surface area contributed by atoms with Crippen LogP contribution >= 0.6 is 11.3 Å². The van der Waals surface area contributed by atoms with Gasteiger partial charge in [0.1, 0.15) is 5.82 Å². The molecule has 0 aliphatic carbocycles. The van der Waals surface area contributed by atoms with Crippen molar-refractivity contribution in [1.29, 1.82) is 0 Å². The minimum atomic E-state index is -3.64. The van der Waals surface area contributed by atoms with E-state index in [-0.39, 0.29) is 23.9 Å². The van der Waals surface area contributed by atoms with Crippen LogP contribution in [-0.4, -0.2) is 29.1 Å². The molecule has 2 aromatic heterocycles. The van der Waals surface area contributed by atoms with Gasteiger partial charge in [-0.3, -0.25) is 4.79 Å². The number of hydrogen-bond acceptors (Lipinski definition) is 6. The Kier molecular flexibility index (Phi) is 6.26. The van der Waals surface area contributed by atoms with Gasteiger partial charge in [0.15, 0.2) is 5.82 Å². The van der Waals surface area contributed by atoms with Gasteiger partial charge in [0, 0.05) is 30.0 Å². The molecular formula is C20H23N5O3S2. The molecule has 0 radical (unpaired) electrons. The first kappa shape index (κ1) is 20.7. The lowest BCUT2D eigenvalue weighted by Crippen LogP contribution is -2.25. The van der Waals surface area contributed by atoms with E-state index in [2.05, 4.69) is 24.8 Å². The lowest BCUT2D eigenvalue weighted by Gasteiger charge is -2.09. The third-order valence-electron chi connectivity index (χ3n) is 5.04. The topological polar surface area (TPSA) is 106 Å². The lowest BCUT2D eigenvalue weighted by atomic mass is 10.2. The second kappa shape index (κ2) is 9.07. The zero-order chi connectivity index (χ0) is 21.0. The van der Waals surface area contributed by atoms with Crippen LogP contribution in [0.2, 0.25) is 0 Å². The second-order valence-corrected chi connectivity index (χ2v) is 9.90. The summed E-state index contributed by atoms with van der Waals surface area (Å²) in [7, 11) is -3.64. The van der Waals surface area contributed by atoms with Crippen molar-refractivity contribution < 1.29 is 13.2 Å². The van der Waals surface area contributed by atoms with Crippen molar-refractivity contribution in [2.75, 3.05) is 0 Å². The van der Waals surface area contributed by atoms with Crippen LogP contribution < -0.4 is 10.0 Å². The van der Waals surface area contributed by atoms with Crippen LogP contribution in [0.15, 0.2) is 46.7 Å². The largest absolute Gasteiger partial charge is 0.345 e. The Hall–Kier alpha value is -2.56. The number of carbonyl (C=O) groups excluding carboxylic acids is 1. The summed E-state index contributed by atoms with van der Waals surface area (Å²) < 4.78 is 29.5. The summed E-state index contributed by atoms with van der Waals surface area (Å²) in [5, 5.41) is 13.2. The summed E-state index contributed by atoms with van der Waals surface area (Å²) in [4.78, 5) is 13.5. The van der Waals surface area contributed by atoms with Crippen LogP contribution in [0.25, 0.3) is 0 Å². The van der Waals surface area contributed by atoms with Gasteiger partial charge in [0.25, 0.3) is 5.91 Å². The van der Waals surface area contributed by atoms with Crippen molar-refractivity contribution >= 4 is 27.3 Å². The molecule has 0 bridgehead atoms. The number of thiophene rings is 1. The summed E-state index contributed by atoms with van der Waals surface area (Å²) in [5.41, 5.74) is 0.391. The van der Waals surface area contributed by atoms with E-state index < -0.39 is 10.0 Å². The molecule has 2 N–H and O–H groups in total. The fourth-order valence-corrected chi connectivity index (χ4v) is 5.13. The van der Waals surface area contributed by atoms with Crippen molar-refractivity contribution in [2.24, 2.45) is 0 Å². The molecule has 0 atom stereocenters. The third-order valence-corrected chi connectivity index (χ3v) is 7.33. The fraction of sp³-hybridized carbons (Fsp3) is 0.350. The van der Waals surface area contributed by atoms with Crippen molar-refractivity contribution in [3.8, 4) is 0 Å². The van der Waals surface area contributed by atoms with Crippen LogP contribution in [0, 0.1) is 0 Å². The monoisotopic (exact) mass is 445 g/mol. The number of rotatable bonds is 7. The van der Waals surface area contributed by atoms with Crippen LogP contribution in [0.3, 0.4) is 0 Å². The molecule has 1 aliphatic rings. The average Bonchev–Trinajstić information content (AvgIpc) is 3.35. The maximum atomic E-state index is 12.5. The molecular weight excluding hydrogens is 422 g/mol. The first-order valence-electron chi connectivity index (χ1n) is 9.84. The third kappa shape index (κ3) is 4.77. The van der Waals surface area contributed by atoms with Crippen molar-refractivity contribution in [1.82, 2.24) is 24.8 Å². The number of aromatic nitrogens is 3. The van der Waals surface area contributed by atoms with E-state index >= 15 is 0 Å². The molecule has 158 valence electrons. The highest BCUT2D eigenvalue weighted by Crippen LogP contribution is 2.15. The van der Waals surface area contributed by atoms with Gasteiger partial charge in [-0.2, -0.15) is 0 Å². The van der Waals surface area contributed by atoms with E-state index in [4.69, 9.17) is 0 Å². The number of nitrogens with zero attached hydrogens (tertiary/aromatic N) is 3. The number of benzene rings is 1. The highest BCUT2D eigenvalue weighted by molar-refractivity contribution is 7.89. The Morgan fingerprint density at radius 3 is 2.67 bits per heavy atom. The van der Waals surface area contributed by atoms with Gasteiger partial charge in [-0.05, 0) is 48.6 Å². The second-order valence-electron chi connectivity index (χ2n) is 7.11. The van der Waals surface area contributed by atoms with E-state index in [0.29, 0.717) is 5.56 Å². The first-order chi connectivity index (χ1) is 14.5. The molecule has 4 rings (SSSR count). The maximum Gasteiger partial charge on any atom is 0.251 e. The van der Waals surface area contributed by atoms with Crippen LogP contribution in [0.5, 0.6) is 0 Å². The molecule has 1 aromatic carbocycles.